The van der Waals surface area contributed by atoms with Gasteiger partial charge in [0.1, 0.15) is 6.20 Å². The van der Waals surface area contributed by atoms with Gasteiger partial charge < -0.3 is 20.5 Å². The number of hydrogen-bond acceptors (Lipinski definition) is 8. The minimum absolute atomic E-state index is 0.00807. The van der Waals surface area contributed by atoms with Crippen molar-refractivity contribution in [3.8, 4) is 11.5 Å². The molecule has 0 unspecified atom stereocenters. The number of rotatable bonds is 7. The summed E-state index contributed by atoms with van der Waals surface area (Å²) in [7, 11) is 1.44. The fourth-order valence-electron chi connectivity index (χ4n) is 2.38. The molecule has 0 saturated heterocycles. The number of phenolic OH excluding ortho intramolecular Hbond substituents is 1. The number of hydrogen-bond donors (Lipinski definition) is 3. The van der Waals surface area contributed by atoms with E-state index >= 15 is 0 Å². The van der Waals surface area contributed by atoms with E-state index in [1.54, 1.807) is 36.4 Å². The van der Waals surface area contributed by atoms with Crippen molar-refractivity contribution in [2.24, 2.45) is 0 Å². The molecule has 0 bridgehead atoms. The van der Waals surface area contributed by atoms with Crippen LogP contribution >= 0.6 is 11.6 Å². The Hall–Kier alpha value is -3.59. The second-order valence-electron chi connectivity index (χ2n) is 5.68. The normalized spacial score (nSPS) is 10.4. The molecule has 0 spiro atoms. The van der Waals surface area contributed by atoms with Gasteiger partial charge in [-0.2, -0.15) is 4.98 Å². The first-order chi connectivity index (χ1) is 13.5. The molecular formula is C18H16ClN5O4. The molecule has 1 heterocycles. The van der Waals surface area contributed by atoms with Crippen LogP contribution in [0, 0.1) is 10.1 Å². The Balaban J connectivity index is 1.81. The average molecular weight is 402 g/mol. The number of benzene rings is 2. The molecule has 2 aromatic carbocycles. The standard InChI is InChI=1S/C18H16ClN5O4/c1-28-16-8-11(2-7-15(16)25)9-20-17-14(24(26)27)10-21-18(23-17)22-13-5-3-12(19)4-6-13/h2-8,10,25H,9H2,1H3,(H2,20,21,22,23). The molecule has 0 fully saturated rings. The molecule has 0 aliphatic rings. The number of nitro groups is 1. The molecule has 28 heavy (non-hydrogen) atoms. The number of anilines is 3. The number of nitrogens with one attached hydrogen (secondary N) is 2. The number of aromatic hydroxyl groups is 1. The Bertz CT molecular complexity index is 998. The van der Waals surface area contributed by atoms with Crippen molar-refractivity contribution in [1.29, 1.82) is 0 Å². The Morgan fingerprint density at radius 3 is 2.68 bits per heavy atom. The average Bonchev–Trinajstić information content (AvgIpc) is 2.69. The van der Waals surface area contributed by atoms with E-state index in [0.717, 1.165) is 11.8 Å². The first kappa shape index (κ1) is 19.2. The Morgan fingerprint density at radius 2 is 2.00 bits per heavy atom. The summed E-state index contributed by atoms with van der Waals surface area (Å²) in [5.74, 6) is 0.567. The van der Waals surface area contributed by atoms with Crippen molar-refractivity contribution >= 4 is 34.7 Å². The molecule has 10 heteroatoms. The van der Waals surface area contributed by atoms with Gasteiger partial charge in [0.15, 0.2) is 11.5 Å². The van der Waals surface area contributed by atoms with Gasteiger partial charge in [-0.05, 0) is 42.0 Å². The Morgan fingerprint density at radius 1 is 1.25 bits per heavy atom. The predicted molar refractivity (Wildman–Crippen MR) is 105 cm³/mol. The number of aromatic nitrogens is 2. The van der Waals surface area contributed by atoms with Crippen molar-refractivity contribution in [3.63, 3.8) is 0 Å². The molecule has 0 atom stereocenters. The van der Waals surface area contributed by atoms with E-state index in [0.29, 0.717) is 16.5 Å². The van der Waals surface area contributed by atoms with Crippen LogP contribution in [0.2, 0.25) is 5.02 Å². The molecule has 3 aromatic rings. The molecular weight excluding hydrogens is 386 g/mol. The molecule has 0 radical (unpaired) electrons. The quantitative estimate of drug-likeness (QED) is 0.399. The molecule has 3 N–H and O–H groups in total. The zero-order chi connectivity index (χ0) is 20.1. The Labute approximate surface area is 165 Å². The summed E-state index contributed by atoms with van der Waals surface area (Å²) in [6.07, 6.45) is 1.13. The third-order valence-corrected chi connectivity index (χ3v) is 4.02. The number of halogens is 1. The number of nitrogens with zero attached hydrogens (tertiary/aromatic N) is 3. The second-order valence-corrected chi connectivity index (χ2v) is 6.11. The van der Waals surface area contributed by atoms with E-state index in [1.807, 2.05) is 0 Å². The molecule has 9 nitrogen and oxygen atoms in total. The topological polar surface area (TPSA) is 122 Å². The smallest absolute Gasteiger partial charge is 0.329 e. The van der Waals surface area contributed by atoms with Crippen molar-refractivity contribution in [2.75, 3.05) is 17.7 Å². The third kappa shape index (κ3) is 4.57. The molecule has 0 aliphatic carbocycles. The van der Waals surface area contributed by atoms with Gasteiger partial charge in [0, 0.05) is 17.3 Å². The minimum atomic E-state index is -0.564. The van der Waals surface area contributed by atoms with Crippen LogP contribution in [-0.2, 0) is 6.54 Å². The maximum Gasteiger partial charge on any atom is 0.329 e. The van der Waals surface area contributed by atoms with E-state index in [1.165, 1.54) is 13.2 Å². The summed E-state index contributed by atoms with van der Waals surface area (Å²) < 4.78 is 5.06. The van der Waals surface area contributed by atoms with Crippen molar-refractivity contribution in [2.45, 2.75) is 6.54 Å². The van der Waals surface area contributed by atoms with Crippen LogP contribution in [0.5, 0.6) is 11.5 Å². The van der Waals surface area contributed by atoms with Crippen molar-refractivity contribution < 1.29 is 14.8 Å². The van der Waals surface area contributed by atoms with E-state index in [-0.39, 0.29) is 29.7 Å². The fourth-order valence-corrected chi connectivity index (χ4v) is 2.51. The van der Waals surface area contributed by atoms with E-state index in [2.05, 4.69) is 20.6 Å². The summed E-state index contributed by atoms with van der Waals surface area (Å²) in [5.41, 5.74) is 1.18. The van der Waals surface area contributed by atoms with Crippen LogP contribution in [0.15, 0.2) is 48.7 Å². The summed E-state index contributed by atoms with van der Waals surface area (Å²) >= 11 is 5.86. The highest BCUT2D eigenvalue weighted by molar-refractivity contribution is 6.30. The molecule has 1 aromatic heterocycles. The largest absolute Gasteiger partial charge is 0.504 e. The minimum Gasteiger partial charge on any atom is -0.504 e. The van der Waals surface area contributed by atoms with Gasteiger partial charge >= 0.3 is 5.69 Å². The summed E-state index contributed by atoms with van der Waals surface area (Å²) in [6, 6.07) is 11.7. The fraction of sp³-hybridized carbons (Fsp3) is 0.111. The highest BCUT2D eigenvalue weighted by Gasteiger charge is 2.17. The lowest BCUT2D eigenvalue weighted by atomic mass is 10.2. The van der Waals surface area contributed by atoms with E-state index in [4.69, 9.17) is 16.3 Å². The predicted octanol–water partition coefficient (Wildman–Crippen LogP) is 4.11. The van der Waals surface area contributed by atoms with E-state index in [9.17, 15) is 15.2 Å². The van der Waals surface area contributed by atoms with Crippen LogP contribution in [0.1, 0.15) is 5.56 Å². The third-order valence-electron chi connectivity index (χ3n) is 3.77. The van der Waals surface area contributed by atoms with Gasteiger partial charge in [-0.15, -0.1) is 0 Å². The summed E-state index contributed by atoms with van der Waals surface area (Å²) in [4.78, 5) is 18.9. The first-order valence-corrected chi connectivity index (χ1v) is 8.48. The number of phenols is 1. The zero-order valence-electron chi connectivity index (χ0n) is 14.7. The van der Waals surface area contributed by atoms with Crippen molar-refractivity contribution in [1.82, 2.24) is 9.97 Å². The van der Waals surface area contributed by atoms with Crippen LogP contribution < -0.4 is 15.4 Å². The maximum absolute atomic E-state index is 11.3. The Kier molecular flexibility index (Phi) is 5.75. The lowest BCUT2D eigenvalue weighted by Crippen LogP contribution is -2.07. The van der Waals surface area contributed by atoms with Gasteiger partial charge in [-0.1, -0.05) is 17.7 Å². The molecule has 144 valence electrons. The highest BCUT2D eigenvalue weighted by atomic mass is 35.5. The summed E-state index contributed by atoms with van der Waals surface area (Å²) in [5, 5.41) is 27.4. The first-order valence-electron chi connectivity index (χ1n) is 8.10. The summed E-state index contributed by atoms with van der Waals surface area (Å²) in [6.45, 7) is 0.231. The van der Waals surface area contributed by atoms with Crippen LogP contribution in [0.25, 0.3) is 0 Å². The van der Waals surface area contributed by atoms with Gasteiger partial charge in [0.2, 0.25) is 11.8 Å². The number of methoxy groups -OCH3 is 1. The molecule has 0 saturated carbocycles. The molecule has 0 aliphatic heterocycles. The van der Waals surface area contributed by atoms with Gasteiger partial charge in [-0.25, -0.2) is 4.98 Å². The lowest BCUT2D eigenvalue weighted by molar-refractivity contribution is -0.384. The van der Waals surface area contributed by atoms with E-state index < -0.39 is 4.92 Å². The highest BCUT2D eigenvalue weighted by Crippen LogP contribution is 2.28. The lowest BCUT2D eigenvalue weighted by Gasteiger charge is -2.10. The van der Waals surface area contributed by atoms with Crippen LogP contribution in [0.4, 0.5) is 23.1 Å². The zero-order valence-corrected chi connectivity index (χ0v) is 15.5. The van der Waals surface area contributed by atoms with Gasteiger partial charge in [0.05, 0.1) is 12.0 Å². The maximum atomic E-state index is 11.3. The number of ether oxygens (including phenoxy) is 1. The van der Waals surface area contributed by atoms with Crippen LogP contribution in [0.3, 0.4) is 0 Å². The molecule has 0 amide bonds. The van der Waals surface area contributed by atoms with Gasteiger partial charge in [-0.3, -0.25) is 10.1 Å². The van der Waals surface area contributed by atoms with Gasteiger partial charge in [0.25, 0.3) is 0 Å². The second kappa shape index (κ2) is 8.40. The SMILES string of the molecule is COc1cc(CNc2nc(Nc3ccc(Cl)cc3)ncc2[N+](=O)[O-])ccc1O. The monoisotopic (exact) mass is 401 g/mol. The van der Waals surface area contributed by atoms with Crippen LogP contribution in [-0.4, -0.2) is 27.1 Å². The molecule has 3 rings (SSSR count). The van der Waals surface area contributed by atoms with Crippen molar-refractivity contribution in [3.05, 3.63) is 69.4 Å².